The topological polar surface area (TPSA) is 64.6 Å². The molecule has 0 aromatic heterocycles. The summed E-state index contributed by atoms with van der Waals surface area (Å²) in [5.41, 5.74) is 6.44. The molecule has 4 rings (SSSR count). The van der Waals surface area contributed by atoms with Crippen molar-refractivity contribution >= 4 is 12.1 Å². The number of hydrogen-bond acceptors (Lipinski definition) is 4. The van der Waals surface area contributed by atoms with Gasteiger partial charge < -0.3 is 14.8 Å². The number of rotatable bonds is 8. The Labute approximate surface area is 188 Å². The van der Waals surface area contributed by atoms with Crippen LogP contribution < -0.4 is 5.32 Å². The van der Waals surface area contributed by atoms with Crippen molar-refractivity contribution in [3.05, 3.63) is 95.1 Å². The van der Waals surface area contributed by atoms with Crippen molar-refractivity contribution in [2.75, 3.05) is 19.8 Å². The van der Waals surface area contributed by atoms with Gasteiger partial charge in [0.1, 0.15) is 6.61 Å². The predicted octanol–water partition coefficient (Wildman–Crippen LogP) is 5.47. The highest BCUT2D eigenvalue weighted by atomic mass is 16.5. The van der Waals surface area contributed by atoms with Gasteiger partial charge in [-0.25, -0.2) is 9.59 Å². The third kappa shape index (κ3) is 4.99. The van der Waals surface area contributed by atoms with E-state index in [0.29, 0.717) is 38.2 Å². The van der Waals surface area contributed by atoms with Crippen LogP contribution in [0.15, 0.2) is 72.8 Å². The number of alkyl carbamates (subject to hydrolysis) is 1. The molecule has 1 aliphatic carbocycles. The zero-order valence-corrected chi connectivity index (χ0v) is 18.2. The standard InChI is InChI=1S/C27H27NO4/c1-19-12-14-20(15-13-19)26(29)31-17-7-6-16-28-27(30)32-18-25-23-10-4-2-8-21(23)22-9-3-5-11-24(22)25/h2-5,8-15,25H,6-7,16-18H2,1H3,(H,28,30). The first kappa shape index (κ1) is 21.6. The van der Waals surface area contributed by atoms with Crippen LogP contribution in [-0.4, -0.2) is 31.8 Å². The lowest BCUT2D eigenvalue weighted by molar-refractivity contribution is 0.0497. The molecule has 5 nitrogen and oxygen atoms in total. The number of carbonyl (C=O) groups excluding carboxylic acids is 2. The second-order valence-corrected chi connectivity index (χ2v) is 7.96. The number of ether oxygens (including phenoxy) is 2. The van der Waals surface area contributed by atoms with Crippen molar-refractivity contribution in [2.24, 2.45) is 0 Å². The molecule has 0 unspecified atom stereocenters. The number of fused-ring (bicyclic) bond motifs is 3. The number of hydrogen-bond donors (Lipinski definition) is 1. The molecule has 164 valence electrons. The van der Waals surface area contributed by atoms with E-state index in [9.17, 15) is 9.59 Å². The van der Waals surface area contributed by atoms with Crippen LogP contribution in [0.1, 0.15) is 45.8 Å². The number of carbonyl (C=O) groups is 2. The number of unbranched alkanes of at least 4 members (excludes halogenated alkanes) is 1. The van der Waals surface area contributed by atoms with E-state index in [1.165, 1.54) is 22.3 Å². The van der Waals surface area contributed by atoms with Gasteiger partial charge in [-0.05, 0) is 54.2 Å². The molecule has 0 bridgehead atoms. The summed E-state index contributed by atoms with van der Waals surface area (Å²) in [4.78, 5) is 24.1. The summed E-state index contributed by atoms with van der Waals surface area (Å²) in [7, 11) is 0. The van der Waals surface area contributed by atoms with Crippen molar-refractivity contribution in [1.29, 1.82) is 0 Å². The molecule has 0 heterocycles. The Morgan fingerprint density at radius 2 is 1.44 bits per heavy atom. The maximum Gasteiger partial charge on any atom is 0.407 e. The molecule has 0 atom stereocenters. The van der Waals surface area contributed by atoms with Crippen LogP contribution in [0.25, 0.3) is 11.1 Å². The van der Waals surface area contributed by atoms with E-state index in [0.717, 1.165) is 5.56 Å². The van der Waals surface area contributed by atoms with Gasteiger partial charge in [-0.2, -0.15) is 0 Å². The Bertz CT molecular complexity index is 1050. The van der Waals surface area contributed by atoms with E-state index in [-0.39, 0.29) is 11.9 Å². The molecule has 0 radical (unpaired) electrons. The van der Waals surface area contributed by atoms with Gasteiger partial charge in [-0.1, -0.05) is 66.2 Å². The predicted molar refractivity (Wildman–Crippen MR) is 124 cm³/mol. The van der Waals surface area contributed by atoms with Gasteiger partial charge in [0.25, 0.3) is 0 Å². The summed E-state index contributed by atoms with van der Waals surface area (Å²) in [5.74, 6) is -0.274. The summed E-state index contributed by atoms with van der Waals surface area (Å²) in [5, 5.41) is 2.78. The van der Waals surface area contributed by atoms with Gasteiger partial charge in [-0.3, -0.25) is 0 Å². The maximum absolute atomic E-state index is 12.2. The van der Waals surface area contributed by atoms with Crippen LogP contribution in [-0.2, 0) is 9.47 Å². The Balaban J connectivity index is 1.16. The molecule has 1 N–H and O–H groups in total. The number of nitrogens with one attached hydrogen (secondary N) is 1. The van der Waals surface area contributed by atoms with E-state index in [4.69, 9.17) is 9.47 Å². The van der Waals surface area contributed by atoms with Crippen LogP contribution >= 0.6 is 0 Å². The lowest BCUT2D eigenvalue weighted by atomic mass is 9.98. The average Bonchev–Trinajstić information content (AvgIpc) is 3.14. The highest BCUT2D eigenvalue weighted by molar-refractivity contribution is 5.89. The summed E-state index contributed by atoms with van der Waals surface area (Å²) < 4.78 is 10.8. The SMILES string of the molecule is Cc1ccc(C(=O)OCCCCNC(=O)OCC2c3ccccc3-c3ccccc32)cc1. The Kier molecular flexibility index (Phi) is 6.85. The first-order chi connectivity index (χ1) is 15.6. The molecule has 0 saturated carbocycles. The molecule has 1 amide bonds. The summed E-state index contributed by atoms with van der Waals surface area (Å²) >= 11 is 0. The Morgan fingerprint density at radius 1 is 0.812 bits per heavy atom. The quantitative estimate of drug-likeness (QED) is 0.381. The fourth-order valence-electron chi connectivity index (χ4n) is 4.00. The minimum absolute atomic E-state index is 0.0503. The van der Waals surface area contributed by atoms with E-state index in [1.54, 1.807) is 12.1 Å². The van der Waals surface area contributed by atoms with Crippen molar-refractivity contribution < 1.29 is 19.1 Å². The second kappa shape index (κ2) is 10.1. The molecule has 5 heteroatoms. The monoisotopic (exact) mass is 429 g/mol. The number of amides is 1. The van der Waals surface area contributed by atoms with Crippen LogP contribution in [0.2, 0.25) is 0 Å². The van der Waals surface area contributed by atoms with Crippen molar-refractivity contribution in [2.45, 2.75) is 25.7 Å². The molecule has 0 fully saturated rings. The minimum Gasteiger partial charge on any atom is -0.462 e. The molecular formula is C27H27NO4. The molecule has 1 aliphatic rings. The number of benzene rings is 3. The van der Waals surface area contributed by atoms with Crippen LogP contribution in [0.5, 0.6) is 0 Å². The smallest absolute Gasteiger partial charge is 0.407 e. The number of esters is 1. The van der Waals surface area contributed by atoms with Gasteiger partial charge in [0.05, 0.1) is 12.2 Å². The van der Waals surface area contributed by atoms with Gasteiger partial charge in [-0.15, -0.1) is 0 Å². The third-order valence-electron chi connectivity index (χ3n) is 5.70. The van der Waals surface area contributed by atoms with E-state index >= 15 is 0 Å². The molecule has 0 spiro atoms. The van der Waals surface area contributed by atoms with Crippen molar-refractivity contribution in [3.8, 4) is 11.1 Å². The van der Waals surface area contributed by atoms with E-state index in [2.05, 4.69) is 29.6 Å². The highest BCUT2D eigenvalue weighted by Gasteiger charge is 2.28. The summed E-state index contributed by atoms with van der Waals surface area (Å²) in [6.45, 7) is 3.06. The zero-order chi connectivity index (χ0) is 22.3. The van der Waals surface area contributed by atoms with Crippen molar-refractivity contribution in [3.63, 3.8) is 0 Å². The fraction of sp³-hybridized carbons (Fsp3) is 0.259. The van der Waals surface area contributed by atoms with Gasteiger partial charge in [0.15, 0.2) is 0 Å². The first-order valence-corrected chi connectivity index (χ1v) is 11.0. The molecule has 32 heavy (non-hydrogen) atoms. The summed E-state index contributed by atoms with van der Waals surface area (Å²) in [6.07, 6.45) is 0.940. The molecular weight excluding hydrogens is 402 g/mol. The van der Waals surface area contributed by atoms with Crippen LogP contribution in [0.3, 0.4) is 0 Å². The Hall–Kier alpha value is -3.60. The number of aryl methyl sites for hydroxylation is 1. The zero-order valence-electron chi connectivity index (χ0n) is 18.2. The van der Waals surface area contributed by atoms with Gasteiger partial charge in [0, 0.05) is 12.5 Å². The highest BCUT2D eigenvalue weighted by Crippen LogP contribution is 2.44. The van der Waals surface area contributed by atoms with Crippen molar-refractivity contribution in [1.82, 2.24) is 5.32 Å². The van der Waals surface area contributed by atoms with Gasteiger partial charge in [0.2, 0.25) is 0 Å². The Morgan fingerprint density at radius 3 is 2.09 bits per heavy atom. The molecule has 3 aromatic carbocycles. The molecule has 0 aliphatic heterocycles. The minimum atomic E-state index is -0.427. The van der Waals surface area contributed by atoms with Crippen LogP contribution in [0.4, 0.5) is 4.79 Å². The normalized spacial score (nSPS) is 12.0. The van der Waals surface area contributed by atoms with E-state index < -0.39 is 6.09 Å². The first-order valence-electron chi connectivity index (χ1n) is 11.0. The second-order valence-electron chi connectivity index (χ2n) is 7.96. The third-order valence-corrected chi connectivity index (χ3v) is 5.70. The van der Waals surface area contributed by atoms with Crippen LogP contribution in [0, 0.1) is 6.92 Å². The largest absolute Gasteiger partial charge is 0.462 e. The lowest BCUT2D eigenvalue weighted by Crippen LogP contribution is -2.27. The fourth-order valence-corrected chi connectivity index (χ4v) is 4.00. The average molecular weight is 430 g/mol. The lowest BCUT2D eigenvalue weighted by Gasteiger charge is -2.14. The molecule has 3 aromatic rings. The van der Waals surface area contributed by atoms with Gasteiger partial charge >= 0.3 is 12.1 Å². The van der Waals surface area contributed by atoms with E-state index in [1.807, 2.05) is 43.3 Å². The summed E-state index contributed by atoms with van der Waals surface area (Å²) in [6, 6.07) is 23.8. The molecule has 0 saturated heterocycles. The maximum atomic E-state index is 12.2.